The Morgan fingerprint density at radius 2 is 2.19 bits per heavy atom. The maximum atomic E-state index is 12.5. The first kappa shape index (κ1) is 17.4. The highest BCUT2D eigenvalue weighted by Gasteiger charge is 2.13. The van der Waals surface area contributed by atoms with Gasteiger partial charge < -0.3 is 9.30 Å². The van der Waals surface area contributed by atoms with Gasteiger partial charge in [0.05, 0.1) is 28.8 Å². The third-order valence-corrected chi connectivity index (χ3v) is 4.70. The third-order valence-electron chi connectivity index (χ3n) is 3.64. The largest absolute Gasteiger partial charge is 0.497 e. The minimum atomic E-state index is -0.477. The minimum absolute atomic E-state index is 0.0493. The summed E-state index contributed by atoms with van der Waals surface area (Å²) in [4.78, 5) is 27.6. The third kappa shape index (κ3) is 3.34. The molecule has 0 bridgehead atoms. The molecule has 0 saturated carbocycles. The van der Waals surface area contributed by atoms with Crippen LogP contribution in [0.5, 0.6) is 5.75 Å². The summed E-state index contributed by atoms with van der Waals surface area (Å²) in [6.45, 7) is 0.144. The van der Waals surface area contributed by atoms with Crippen molar-refractivity contribution in [2.75, 3.05) is 7.11 Å². The predicted molar refractivity (Wildman–Crippen MR) is 98.2 cm³/mol. The zero-order valence-corrected chi connectivity index (χ0v) is 14.5. The molecule has 0 N–H and O–H groups in total. The molecule has 0 unspecified atom stereocenters. The molecule has 1 aromatic heterocycles. The lowest BCUT2D eigenvalue weighted by Gasteiger charge is -2.01. The zero-order chi connectivity index (χ0) is 18.7. The summed E-state index contributed by atoms with van der Waals surface area (Å²) in [5.74, 6) is 2.59. The van der Waals surface area contributed by atoms with Crippen LogP contribution in [0.2, 0.25) is 0 Å². The number of nitrogens with zero attached hydrogens (tertiary/aromatic N) is 3. The normalized spacial score (nSPS) is 11.3. The number of non-ortho nitro benzene ring substituents is 1. The van der Waals surface area contributed by atoms with Crippen LogP contribution in [0.1, 0.15) is 10.4 Å². The molecule has 0 atom stereocenters. The molecule has 8 heteroatoms. The molecule has 0 aliphatic rings. The molecule has 0 aliphatic heterocycles. The van der Waals surface area contributed by atoms with Crippen LogP contribution in [0.25, 0.3) is 10.2 Å². The van der Waals surface area contributed by atoms with Crippen LogP contribution < -0.4 is 9.54 Å². The molecule has 3 aromatic rings. The number of benzene rings is 2. The Kier molecular flexibility index (Phi) is 4.82. The van der Waals surface area contributed by atoms with Crippen LogP contribution in [0.15, 0.2) is 47.5 Å². The highest BCUT2D eigenvalue weighted by Crippen LogP contribution is 2.23. The standard InChI is InChI=1S/C18H13N3O4S/c1-3-9-20-15-11-13(21(23)24)7-8-16(15)26-18(20)19-17(22)12-5-4-6-14(10-12)25-2/h1,4-8,10-11H,9H2,2H3. The number of carbonyl (C=O) groups excluding carboxylic acids is 1. The lowest BCUT2D eigenvalue weighted by Crippen LogP contribution is -2.16. The van der Waals surface area contributed by atoms with Crippen molar-refractivity contribution in [1.29, 1.82) is 0 Å². The Bertz CT molecular complexity index is 1120. The van der Waals surface area contributed by atoms with Gasteiger partial charge in [0.1, 0.15) is 5.75 Å². The van der Waals surface area contributed by atoms with Gasteiger partial charge in [-0.25, -0.2) is 0 Å². The molecular formula is C18H13N3O4S. The Labute approximate surface area is 152 Å². The van der Waals surface area contributed by atoms with Gasteiger partial charge in [0, 0.05) is 17.7 Å². The second-order valence-electron chi connectivity index (χ2n) is 5.23. The van der Waals surface area contributed by atoms with E-state index in [1.165, 1.54) is 30.6 Å². The van der Waals surface area contributed by atoms with E-state index in [1.807, 2.05) is 0 Å². The predicted octanol–water partition coefficient (Wildman–Crippen LogP) is 2.99. The molecule has 0 saturated heterocycles. The molecule has 0 aliphatic carbocycles. The van der Waals surface area contributed by atoms with E-state index < -0.39 is 10.8 Å². The number of methoxy groups -OCH3 is 1. The second-order valence-corrected chi connectivity index (χ2v) is 6.24. The molecule has 1 amide bonds. The molecule has 2 aromatic carbocycles. The second kappa shape index (κ2) is 7.21. The van der Waals surface area contributed by atoms with Gasteiger partial charge in [0.15, 0.2) is 4.80 Å². The lowest BCUT2D eigenvalue weighted by molar-refractivity contribution is -0.384. The van der Waals surface area contributed by atoms with E-state index in [9.17, 15) is 14.9 Å². The number of rotatable bonds is 4. The summed E-state index contributed by atoms with van der Waals surface area (Å²) in [5, 5.41) is 11.0. The van der Waals surface area contributed by atoms with Crippen molar-refractivity contribution >= 4 is 33.1 Å². The summed E-state index contributed by atoms with van der Waals surface area (Å²) < 4.78 is 7.48. The van der Waals surface area contributed by atoms with Gasteiger partial charge in [0.25, 0.3) is 11.6 Å². The van der Waals surface area contributed by atoms with Crippen LogP contribution in [0, 0.1) is 22.5 Å². The molecule has 1 heterocycles. The van der Waals surface area contributed by atoms with E-state index >= 15 is 0 Å². The van der Waals surface area contributed by atoms with Crippen molar-refractivity contribution in [1.82, 2.24) is 4.57 Å². The summed E-state index contributed by atoms with van der Waals surface area (Å²) >= 11 is 1.24. The molecule has 0 radical (unpaired) electrons. The van der Waals surface area contributed by atoms with Gasteiger partial charge >= 0.3 is 0 Å². The number of hydrogen-bond donors (Lipinski definition) is 0. The van der Waals surface area contributed by atoms with E-state index in [0.29, 0.717) is 21.6 Å². The molecule has 130 valence electrons. The summed E-state index contributed by atoms with van der Waals surface area (Å²) in [5.41, 5.74) is 0.895. The van der Waals surface area contributed by atoms with Gasteiger partial charge in [-0.15, -0.1) is 6.42 Å². The average Bonchev–Trinajstić information content (AvgIpc) is 2.98. The van der Waals surface area contributed by atoms with E-state index in [1.54, 1.807) is 34.9 Å². The number of aromatic nitrogens is 1. The minimum Gasteiger partial charge on any atom is -0.497 e. The number of nitro benzene ring substituents is 1. The summed E-state index contributed by atoms with van der Waals surface area (Å²) in [6, 6.07) is 11.1. The smallest absolute Gasteiger partial charge is 0.279 e. The van der Waals surface area contributed by atoms with Crippen molar-refractivity contribution in [2.45, 2.75) is 6.54 Å². The summed E-state index contributed by atoms with van der Waals surface area (Å²) in [6.07, 6.45) is 5.41. The van der Waals surface area contributed by atoms with Gasteiger partial charge in [-0.3, -0.25) is 14.9 Å². The van der Waals surface area contributed by atoms with Crippen molar-refractivity contribution in [2.24, 2.45) is 4.99 Å². The number of terminal acetylenes is 1. The highest BCUT2D eigenvalue weighted by atomic mass is 32.1. The van der Waals surface area contributed by atoms with Crippen LogP contribution >= 0.6 is 11.3 Å². The van der Waals surface area contributed by atoms with Crippen molar-refractivity contribution < 1.29 is 14.5 Å². The van der Waals surface area contributed by atoms with Gasteiger partial charge in [-0.1, -0.05) is 23.3 Å². The monoisotopic (exact) mass is 367 g/mol. The molecule has 0 spiro atoms. The zero-order valence-electron chi connectivity index (χ0n) is 13.7. The highest BCUT2D eigenvalue weighted by molar-refractivity contribution is 7.16. The van der Waals surface area contributed by atoms with Gasteiger partial charge in [0.2, 0.25) is 0 Å². The molecule has 7 nitrogen and oxygen atoms in total. The Morgan fingerprint density at radius 1 is 1.38 bits per heavy atom. The fraction of sp³-hybridized carbons (Fsp3) is 0.111. The Hall–Kier alpha value is -3.44. The Morgan fingerprint density at radius 3 is 2.88 bits per heavy atom. The van der Waals surface area contributed by atoms with Crippen LogP contribution in [-0.4, -0.2) is 22.5 Å². The number of nitro groups is 1. The fourth-order valence-electron chi connectivity index (χ4n) is 2.41. The first-order chi connectivity index (χ1) is 12.5. The van der Waals surface area contributed by atoms with Gasteiger partial charge in [-0.2, -0.15) is 4.99 Å². The molecule has 0 fully saturated rings. The van der Waals surface area contributed by atoms with E-state index in [2.05, 4.69) is 10.9 Å². The number of hydrogen-bond acceptors (Lipinski definition) is 5. The van der Waals surface area contributed by atoms with Crippen molar-refractivity contribution in [3.05, 3.63) is 62.9 Å². The maximum absolute atomic E-state index is 12.5. The first-order valence-corrected chi connectivity index (χ1v) is 8.29. The fourth-order valence-corrected chi connectivity index (χ4v) is 3.42. The number of amides is 1. The van der Waals surface area contributed by atoms with Gasteiger partial charge in [-0.05, 0) is 24.3 Å². The van der Waals surface area contributed by atoms with E-state index in [0.717, 1.165) is 4.70 Å². The summed E-state index contributed by atoms with van der Waals surface area (Å²) in [7, 11) is 1.51. The first-order valence-electron chi connectivity index (χ1n) is 7.48. The quantitative estimate of drug-likeness (QED) is 0.403. The van der Waals surface area contributed by atoms with E-state index in [4.69, 9.17) is 11.2 Å². The lowest BCUT2D eigenvalue weighted by atomic mass is 10.2. The van der Waals surface area contributed by atoms with E-state index in [-0.39, 0.29) is 12.2 Å². The maximum Gasteiger partial charge on any atom is 0.279 e. The van der Waals surface area contributed by atoms with Crippen LogP contribution in [-0.2, 0) is 6.54 Å². The van der Waals surface area contributed by atoms with Crippen molar-refractivity contribution in [3.8, 4) is 18.1 Å². The number of ether oxygens (including phenoxy) is 1. The number of thiazole rings is 1. The topological polar surface area (TPSA) is 86.7 Å². The molecule has 3 rings (SSSR count). The molecule has 26 heavy (non-hydrogen) atoms. The van der Waals surface area contributed by atoms with Crippen molar-refractivity contribution in [3.63, 3.8) is 0 Å². The molecular weight excluding hydrogens is 354 g/mol. The SMILES string of the molecule is C#CCn1c(=NC(=O)c2cccc(OC)c2)sc2ccc([N+](=O)[O-])cc21. The number of carbonyl (C=O) groups is 1. The Balaban J connectivity index is 2.15. The number of fused-ring (bicyclic) bond motifs is 1. The van der Waals surface area contributed by atoms with Crippen LogP contribution in [0.3, 0.4) is 0 Å². The van der Waals surface area contributed by atoms with Crippen LogP contribution in [0.4, 0.5) is 5.69 Å². The average molecular weight is 367 g/mol.